The summed E-state index contributed by atoms with van der Waals surface area (Å²) in [6.07, 6.45) is 4.97. The summed E-state index contributed by atoms with van der Waals surface area (Å²) < 4.78 is 0. The second-order valence-electron chi connectivity index (χ2n) is 6.28. The standard InChI is InChI=1S/C18H24Cl2N2O2/c1-2-3-11-21-17(23)12-7-9-13(10-8-12)18(24)22-16-14(19)5-4-6-15(16)20/h4-6,12-13H,2-3,7-11H2,1H3,(H,21,23)(H,22,24). The third-order valence-corrected chi connectivity index (χ3v) is 5.14. The minimum atomic E-state index is -0.1000. The Morgan fingerprint density at radius 3 is 2.12 bits per heavy atom. The molecule has 2 rings (SSSR count). The van der Waals surface area contributed by atoms with Crippen LogP contribution in [0.2, 0.25) is 10.0 Å². The lowest BCUT2D eigenvalue weighted by Crippen LogP contribution is -2.35. The molecule has 132 valence electrons. The minimum absolute atomic E-state index is 0.0230. The number of rotatable bonds is 6. The van der Waals surface area contributed by atoms with Gasteiger partial charge < -0.3 is 10.6 Å². The van der Waals surface area contributed by atoms with Crippen LogP contribution in [0.25, 0.3) is 0 Å². The van der Waals surface area contributed by atoms with E-state index in [4.69, 9.17) is 23.2 Å². The summed E-state index contributed by atoms with van der Waals surface area (Å²) in [5.41, 5.74) is 0.463. The van der Waals surface area contributed by atoms with Crippen molar-refractivity contribution in [1.29, 1.82) is 0 Å². The monoisotopic (exact) mass is 370 g/mol. The van der Waals surface area contributed by atoms with Crippen molar-refractivity contribution < 1.29 is 9.59 Å². The van der Waals surface area contributed by atoms with Crippen LogP contribution in [0.15, 0.2) is 18.2 Å². The molecule has 0 spiro atoms. The van der Waals surface area contributed by atoms with Crippen molar-refractivity contribution in [2.75, 3.05) is 11.9 Å². The fourth-order valence-corrected chi connectivity index (χ4v) is 3.48. The van der Waals surface area contributed by atoms with E-state index in [9.17, 15) is 9.59 Å². The summed E-state index contributed by atoms with van der Waals surface area (Å²) in [7, 11) is 0. The van der Waals surface area contributed by atoms with Crippen LogP contribution < -0.4 is 10.6 Å². The maximum atomic E-state index is 12.4. The van der Waals surface area contributed by atoms with Gasteiger partial charge in [0.1, 0.15) is 0 Å². The lowest BCUT2D eigenvalue weighted by Gasteiger charge is -2.27. The Kier molecular flexibility index (Phi) is 7.38. The first kappa shape index (κ1) is 19.1. The Balaban J connectivity index is 1.83. The van der Waals surface area contributed by atoms with Crippen molar-refractivity contribution in [3.8, 4) is 0 Å². The molecule has 1 saturated carbocycles. The Bertz CT molecular complexity index is 564. The lowest BCUT2D eigenvalue weighted by atomic mass is 9.81. The highest BCUT2D eigenvalue weighted by molar-refractivity contribution is 6.39. The highest BCUT2D eigenvalue weighted by Gasteiger charge is 2.30. The molecule has 0 saturated heterocycles. The number of anilines is 1. The number of carbonyl (C=O) groups is 2. The Morgan fingerprint density at radius 1 is 1.04 bits per heavy atom. The van der Waals surface area contributed by atoms with Gasteiger partial charge in [-0.15, -0.1) is 0 Å². The number of unbranched alkanes of at least 4 members (excludes halogenated alkanes) is 1. The van der Waals surface area contributed by atoms with Crippen molar-refractivity contribution >= 4 is 40.7 Å². The predicted octanol–water partition coefficient (Wildman–Crippen LogP) is 4.65. The molecular weight excluding hydrogens is 347 g/mol. The SMILES string of the molecule is CCCCNC(=O)C1CCC(C(=O)Nc2c(Cl)cccc2Cl)CC1. The fourth-order valence-electron chi connectivity index (χ4n) is 2.99. The molecule has 24 heavy (non-hydrogen) atoms. The smallest absolute Gasteiger partial charge is 0.227 e. The van der Waals surface area contributed by atoms with Crippen LogP contribution in [0.3, 0.4) is 0 Å². The Morgan fingerprint density at radius 2 is 1.58 bits per heavy atom. The van der Waals surface area contributed by atoms with Crippen LogP contribution >= 0.6 is 23.2 Å². The number of para-hydroxylation sites is 1. The number of hydrogen-bond donors (Lipinski definition) is 2. The molecule has 0 unspecified atom stereocenters. The van der Waals surface area contributed by atoms with Gasteiger partial charge in [-0.3, -0.25) is 9.59 Å². The van der Waals surface area contributed by atoms with Crippen LogP contribution in [0, 0.1) is 11.8 Å². The van der Waals surface area contributed by atoms with Gasteiger partial charge in [0.25, 0.3) is 0 Å². The van der Waals surface area contributed by atoms with Crippen molar-refractivity contribution in [3.63, 3.8) is 0 Å². The highest BCUT2D eigenvalue weighted by Crippen LogP contribution is 2.33. The lowest BCUT2D eigenvalue weighted by molar-refractivity contribution is -0.128. The summed E-state index contributed by atoms with van der Waals surface area (Å²) in [5.74, 6) is -0.0295. The third kappa shape index (κ3) is 5.12. The maximum Gasteiger partial charge on any atom is 0.227 e. The number of hydrogen-bond acceptors (Lipinski definition) is 2. The van der Waals surface area contributed by atoms with E-state index < -0.39 is 0 Å². The molecule has 1 aliphatic carbocycles. The first-order valence-electron chi connectivity index (χ1n) is 8.55. The van der Waals surface area contributed by atoms with Crippen LogP contribution in [0.5, 0.6) is 0 Å². The molecule has 0 aliphatic heterocycles. The molecule has 0 bridgehead atoms. The van der Waals surface area contributed by atoms with E-state index >= 15 is 0 Å². The molecule has 0 heterocycles. The molecular formula is C18H24Cl2N2O2. The molecule has 1 aromatic carbocycles. The summed E-state index contributed by atoms with van der Waals surface area (Å²) in [4.78, 5) is 24.5. The summed E-state index contributed by atoms with van der Waals surface area (Å²) >= 11 is 12.2. The topological polar surface area (TPSA) is 58.2 Å². The van der Waals surface area contributed by atoms with E-state index in [1.807, 2.05) is 0 Å². The zero-order valence-corrected chi connectivity index (χ0v) is 15.4. The van der Waals surface area contributed by atoms with Crippen molar-refractivity contribution in [2.24, 2.45) is 11.8 Å². The first-order valence-corrected chi connectivity index (χ1v) is 9.31. The molecule has 4 nitrogen and oxygen atoms in total. The number of benzene rings is 1. The number of amides is 2. The highest BCUT2D eigenvalue weighted by atomic mass is 35.5. The predicted molar refractivity (Wildman–Crippen MR) is 98.5 cm³/mol. The zero-order valence-electron chi connectivity index (χ0n) is 13.9. The minimum Gasteiger partial charge on any atom is -0.356 e. The van der Waals surface area contributed by atoms with Gasteiger partial charge in [0.15, 0.2) is 0 Å². The average molecular weight is 371 g/mol. The molecule has 1 aliphatic rings. The summed E-state index contributed by atoms with van der Waals surface area (Å²) in [6.45, 7) is 2.84. The second-order valence-corrected chi connectivity index (χ2v) is 7.09. The van der Waals surface area contributed by atoms with Gasteiger partial charge in [-0.2, -0.15) is 0 Å². The summed E-state index contributed by atoms with van der Waals surface area (Å²) in [6, 6.07) is 5.13. The molecule has 0 atom stereocenters. The van der Waals surface area contributed by atoms with E-state index in [1.165, 1.54) is 0 Å². The third-order valence-electron chi connectivity index (χ3n) is 4.51. The van der Waals surface area contributed by atoms with E-state index in [-0.39, 0.29) is 23.7 Å². The van der Waals surface area contributed by atoms with Gasteiger partial charge >= 0.3 is 0 Å². The van der Waals surface area contributed by atoms with E-state index in [1.54, 1.807) is 18.2 Å². The van der Waals surface area contributed by atoms with Crippen LogP contribution in [0.4, 0.5) is 5.69 Å². The van der Waals surface area contributed by atoms with Gasteiger partial charge in [-0.1, -0.05) is 42.6 Å². The molecule has 2 amide bonds. The first-order chi connectivity index (χ1) is 11.5. The molecule has 1 aromatic rings. The second kappa shape index (κ2) is 9.28. The number of nitrogens with one attached hydrogen (secondary N) is 2. The largest absolute Gasteiger partial charge is 0.356 e. The van der Waals surface area contributed by atoms with Crippen molar-refractivity contribution in [2.45, 2.75) is 45.4 Å². The van der Waals surface area contributed by atoms with E-state index in [2.05, 4.69) is 17.6 Å². The molecule has 1 fully saturated rings. The number of carbonyl (C=O) groups excluding carboxylic acids is 2. The van der Waals surface area contributed by atoms with Crippen molar-refractivity contribution in [3.05, 3.63) is 28.2 Å². The Hall–Kier alpha value is -1.26. The average Bonchev–Trinajstić information content (AvgIpc) is 2.58. The van der Waals surface area contributed by atoms with Crippen LogP contribution in [-0.2, 0) is 9.59 Å². The maximum absolute atomic E-state index is 12.4. The van der Waals surface area contributed by atoms with Gasteiger partial charge in [0, 0.05) is 18.4 Å². The van der Waals surface area contributed by atoms with Gasteiger partial charge in [-0.25, -0.2) is 0 Å². The number of halogens is 2. The molecule has 2 N–H and O–H groups in total. The summed E-state index contributed by atoms with van der Waals surface area (Å²) in [5, 5.41) is 6.67. The van der Waals surface area contributed by atoms with Gasteiger partial charge in [0.05, 0.1) is 15.7 Å². The molecule has 6 heteroatoms. The van der Waals surface area contributed by atoms with E-state index in [0.717, 1.165) is 32.2 Å². The van der Waals surface area contributed by atoms with Crippen LogP contribution in [-0.4, -0.2) is 18.4 Å². The molecule has 0 aromatic heterocycles. The van der Waals surface area contributed by atoms with E-state index in [0.29, 0.717) is 28.6 Å². The zero-order chi connectivity index (χ0) is 17.5. The Labute approximate surface area is 153 Å². The van der Waals surface area contributed by atoms with Gasteiger partial charge in [0.2, 0.25) is 11.8 Å². The fraction of sp³-hybridized carbons (Fsp3) is 0.556. The van der Waals surface area contributed by atoms with Gasteiger partial charge in [-0.05, 0) is 44.2 Å². The molecule has 0 radical (unpaired) electrons. The van der Waals surface area contributed by atoms with Crippen LogP contribution in [0.1, 0.15) is 45.4 Å². The van der Waals surface area contributed by atoms with Crippen molar-refractivity contribution in [1.82, 2.24) is 5.32 Å². The quantitative estimate of drug-likeness (QED) is 0.715. The normalized spacial score (nSPS) is 20.5.